The predicted molar refractivity (Wildman–Crippen MR) is 247 cm³/mol. The van der Waals surface area contributed by atoms with Crippen molar-refractivity contribution in [2.45, 2.75) is 5.41 Å². The molecule has 0 saturated heterocycles. The average Bonchev–Trinajstić information content (AvgIpc) is 3.79. The molecule has 0 atom stereocenters. The molecule has 1 spiro atoms. The molecule has 0 amide bonds. The van der Waals surface area contributed by atoms with Crippen LogP contribution in [0, 0.1) is 0 Å². The van der Waals surface area contributed by atoms with Crippen LogP contribution in [-0.4, -0.2) is 4.68 Å². The highest BCUT2D eigenvalue weighted by Crippen LogP contribution is 2.63. The van der Waals surface area contributed by atoms with Gasteiger partial charge in [0.25, 0.3) is 0 Å². The number of hydrogen-bond acceptors (Lipinski definition) is 1. The fourth-order valence-corrected chi connectivity index (χ4v) is 10.6. The van der Waals surface area contributed by atoms with Gasteiger partial charge in [0.1, 0.15) is 0 Å². The lowest BCUT2D eigenvalue weighted by atomic mass is 9.64. The highest BCUT2D eigenvalue weighted by atomic mass is 15.6. The molecule has 2 heteroatoms. The fourth-order valence-electron chi connectivity index (χ4n) is 10.6. The summed E-state index contributed by atoms with van der Waals surface area (Å²) in [5, 5.41) is 9.98. The van der Waals surface area contributed by atoms with Crippen molar-refractivity contribution in [1.82, 2.24) is 4.68 Å². The molecule has 2 aliphatic rings. The Morgan fingerprint density at radius 1 is 0.288 bits per heavy atom. The third-order valence-corrected chi connectivity index (χ3v) is 13.1. The van der Waals surface area contributed by atoms with E-state index < -0.39 is 5.41 Å². The molecule has 2 nitrogen and oxygen atoms in total. The summed E-state index contributed by atoms with van der Waals surface area (Å²) in [5.41, 5.74) is 16.7. The molecule has 13 rings (SSSR count). The van der Waals surface area contributed by atoms with Gasteiger partial charge in [-0.05, 0) is 126 Å². The second-order valence-electron chi connectivity index (χ2n) is 16.1. The first-order valence-electron chi connectivity index (χ1n) is 20.5. The Bertz CT molecular complexity index is 3300. The summed E-state index contributed by atoms with van der Waals surface area (Å²) in [6, 6.07) is 81.4. The van der Waals surface area contributed by atoms with Crippen molar-refractivity contribution in [2.75, 3.05) is 5.01 Å². The Labute approximate surface area is 342 Å². The lowest BCUT2D eigenvalue weighted by molar-refractivity contribution is 0.720. The van der Waals surface area contributed by atoms with E-state index in [4.69, 9.17) is 0 Å². The minimum Gasteiger partial charge on any atom is -0.248 e. The molecule has 59 heavy (non-hydrogen) atoms. The van der Waals surface area contributed by atoms with E-state index >= 15 is 0 Å². The quantitative estimate of drug-likeness (QED) is 0.175. The third kappa shape index (κ3) is 4.46. The Balaban J connectivity index is 1.13. The summed E-state index contributed by atoms with van der Waals surface area (Å²) in [4.78, 5) is 0. The van der Waals surface area contributed by atoms with E-state index in [2.05, 4.69) is 228 Å². The second-order valence-corrected chi connectivity index (χ2v) is 16.1. The molecule has 1 aromatic heterocycles. The van der Waals surface area contributed by atoms with Gasteiger partial charge in [0, 0.05) is 10.8 Å². The van der Waals surface area contributed by atoms with Crippen molar-refractivity contribution >= 4 is 54.7 Å². The predicted octanol–water partition coefficient (Wildman–Crippen LogP) is 14.7. The number of benzene rings is 10. The first-order chi connectivity index (χ1) is 29.3. The maximum atomic E-state index is 2.50. The smallest absolute Gasteiger partial charge is 0.0755 e. The van der Waals surface area contributed by atoms with Gasteiger partial charge in [-0.15, -0.1) is 0 Å². The van der Waals surface area contributed by atoms with Gasteiger partial charge >= 0.3 is 0 Å². The van der Waals surface area contributed by atoms with Gasteiger partial charge in [-0.1, -0.05) is 170 Å². The number of anilines is 2. The van der Waals surface area contributed by atoms with Crippen LogP contribution in [0.5, 0.6) is 0 Å². The summed E-state index contributed by atoms with van der Waals surface area (Å²) in [7, 11) is 0. The molecule has 0 N–H and O–H groups in total. The zero-order valence-electron chi connectivity index (χ0n) is 32.2. The van der Waals surface area contributed by atoms with Crippen LogP contribution in [0.3, 0.4) is 0 Å². The zero-order chi connectivity index (χ0) is 38.7. The number of para-hydroxylation sites is 4. The lowest BCUT2D eigenvalue weighted by Gasteiger charge is -2.45. The molecule has 11 aromatic rings. The molecule has 1 aliphatic carbocycles. The largest absolute Gasteiger partial charge is 0.248 e. The summed E-state index contributed by atoms with van der Waals surface area (Å²) in [6.07, 6.45) is 0. The zero-order valence-corrected chi connectivity index (χ0v) is 32.2. The number of rotatable bonds is 3. The minimum atomic E-state index is -0.604. The molecule has 1 aliphatic heterocycles. The first kappa shape index (κ1) is 32.4. The van der Waals surface area contributed by atoms with E-state index in [1.54, 1.807) is 0 Å². The van der Waals surface area contributed by atoms with Crippen molar-refractivity contribution in [3.05, 3.63) is 241 Å². The van der Waals surface area contributed by atoms with Crippen LogP contribution in [0.1, 0.15) is 22.3 Å². The normalized spacial score (nSPS) is 13.5. The number of hydrogen-bond donors (Lipinski definition) is 0. The molecule has 2 heterocycles. The summed E-state index contributed by atoms with van der Waals surface area (Å²) >= 11 is 0. The van der Waals surface area contributed by atoms with Crippen molar-refractivity contribution in [2.24, 2.45) is 0 Å². The monoisotopic (exact) mass is 748 g/mol. The minimum absolute atomic E-state index is 0.604. The Hall–Kier alpha value is -7.68. The van der Waals surface area contributed by atoms with Crippen LogP contribution in [0.25, 0.3) is 76.7 Å². The highest BCUT2D eigenvalue weighted by Gasteiger charge is 2.52. The van der Waals surface area contributed by atoms with Gasteiger partial charge in [0.2, 0.25) is 0 Å². The van der Waals surface area contributed by atoms with Crippen molar-refractivity contribution in [3.63, 3.8) is 0 Å². The van der Waals surface area contributed by atoms with E-state index in [1.807, 2.05) is 0 Å². The fraction of sp³-hybridized carbons (Fsp3) is 0.0175. The SMILES string of the molecule is c1ccc2c(c1)N(n1c3ccccc3c3ccccc31)c1ccccc1C21c2cc(-c3ccc4ccccc4c3)ccc2-c2ccc(-c3ccc4ccccc4c3)cc21. The summed E-state index contributed by atoms with van der Waals surface area (Å²) in [5.74, 6) is 0. The van der Waals surface area contributed by atoms with Gasteiger partial charge in [-0.2, -0.15) is 0 Å². The van der Waals surface area contributed by atoms with Gasteiger partial charge in [0.15, 0.2) is 0 Å². The Morgan fingerprint density at radius 2 is 0.678 bits per heavy atom. The molecule has 0 radical (unpaired) electrons. The standard InChI is InChI=1S/C57H36N2/c1-3-15-39-33-41(27-25-37(39)13-1)43-29-31-45-46-32-30-44(42-28-26-38-14-2-4-16-40(38)34-42)36-52(46)57(51(45)35-43)49-19-7-11-23-55(49)59(56-24-12-8-20-50(56)57)58-53-21-9-5-17-47(53)48-18-6-10-22-54(48)58/h1-36H. The van der Waals surface area contributed by atoms with Gasteiger partial charge in [0.05, 0.1) is 27.8 Å². The van der Waals surface area contributed by atoms with Gasteiger partial charge in [-0.25, -0.2) is 9.69 Å². The topological polar surface area (TPSA) is 8.17 Å². The molecule has 0 saturated carbocycles. The van der Waals surface area contributed by atoms with Crippen molar-refractivity contribution < 1.29 is 0 Å². The van der Waals surface area contributed by atoms with Crippen molar-refractivity contribution in [1.29, 1.82) is 0 Å². The van der Waals surface area contributed by atoms with Crippen LogP contribution < -0.4 is 5.01 Å². The van der Waals surface area contributed by atoms with Crippen molar-refractivity contribution in [3.8, 4) is 33.4 Å². The highest BCUT2D eigenvalue weighted by molar-refractivity contribution is 6.09. The molecule has 10 aromatic carbocycles. The number of aromatic nitrogens is 1. The van der Waals surface area contributed by atoms with E-state index in [9.17, 15) is 0 Å². The molecular formula is C57H36N2. The second kappa shape index (κ2) is 12.2. The van der Waals surface area contributed by atoms with Crippen LogP contribution in [0.4, 0.5) is 11.4 Å². The van der Waals surface area contributed by atoms with Gasteiger partial charge in [-0.3, -0.25) is 0 Å². The maximum Gasteiger partial charge on any atom is 0.0755 e. The van der Waals surface area contributed by atoms with Crippen LogP contribution >= 0.6 is 0 Å². The summed E-state index contributed by atoms with van der Waals surface area (Å²) < 4.78 is 2.45. The molecular weight excluding hydrogens is 713 g/mol. The molecule has 0 unspecified atom stereocenters. The number of nitrogens with zero attached hydrogens (tertiary/aromatic N) is 2. The maximum absolute atomic E-state index is 2.50. The Morgan fingerprint density at radius 3 is 1.19 bits per heavy atom. The molecule has 274 valence electrons. The lowest BCUT2D eigenvalue weighted by Crippen LogP contribution is -2.39. The first-order valence-corrected chi connectivity index (χ1v) is 20.5. The Kier molecular flexibility index (Phi) is 6.68. The molecule has 0 bridgehead atoms. The van der Waals surface area contributed by atoms with E-state index in [0.717, 1.165) is 0 Å². The van der Waals surface area contributed by atoms with Crippen LogP contribution in [0.2, 0.25) is 0 Å². The van der Waals surface area contributed by atoms with Crippen LogP contribution in [-0.2, 0) is 5.41 Å². The summed E-state index contributed by atoms with van der Waals surface area (Å²) in [6.45, 7) is 0. The van der Waals surface area contributed by atoms with E-state index in [0.29, 0.717) is 0 Å². The van der Waals surface area contributed by atoms with E-state index in [1.165, 1.54) is 110 Å². The average molecular weight is 749 g/mol. The van der Waals surface area contributed by atoms with Gasteiger partial charge < -0.3 is 0 Å². The number of fused-ring (bicyclic) bond motifs is 14. The molecule has 0 fully saturated rings. The van der Waals surface area contributed by atoms with E-state index in [-0.39, 0.29) is 0 Å². The third-order valence-electron chi connectivity index (χ3n) is 13.1. The van der Waals surface area contributed by atoms with Crippen LogP contribution in [0.15, 0.2) is 218 Å².